The maximum Gasteiger partial charge on any atom is 0.309 e. The van der Waals surface area contributed by atoms with E-state index in [4.69, 9.17) is 5.11 Å². The van der Waals surface area contributed by atoms with Crippen LogP contribution in [0.15, 0.2) is 0 Å². The molecular formula is C8H13F3O2. The summed E-state index contributed by atoms with van der Waals surface area (Å²) in [7, 11) is 0. The topological polar surface area (TPSA) is 37.3 Å². The van der Waals surface area contributed by atoms with E-state index in [1.807, 2.05) is 0 Å². The maximum absolute atomic E-state index is 12.6. The lowest BCUT2D eigenvalue weighted by Gasteiger charge is -2.15. The standard InChI is InChI=1S/C8H13F3O2/c1-2-3-4-5(8(12)13)6(9)7(10)11/h5-7H,2-4H2,1H3,(H,12,13). The van der Waals surface area contributed by atoms with Crippen molar-refractivity contribution >= 4 is 5.97 Å². The number of unbranched alkanes of at least 4 members (excludes halogenated alkanes) is 1. The zero-order chi connectivity index (χ0) is 10.4. The number of halogens is 3. The molecule has 0 aliphatic carbocycles. The Bertz CT molecular complexity index is 161. The fourth-order valence-corrected chi connectivity index (χ4v) is 1.02. The number of hydrogen-bond donors (Lipinski definition) is 1. The van der Waals surface area contributed by atoms with E-state index < -0.39 is 24.5 Å². The Morgan fingerprint density at radius 2 is 1.92 bits per heavy atom. The molecule has 0 aromatic rings. The molecule has 0 rings (SSSR count). The SMILES string of the molecule is CCCCC(C(=O)O)C(F)C(F)F. The van der Waals surface area contributed by atoms with Gasteiger partial charge in [0.1, 0.15) is 0 Å². The molecule has 2 nitrogen and oxygen atoms in total. The molecule has 0 amide bonds. The summed E-state index contributed by atoms with van der Waals surface area (Å²) in [5, 5.41) is 8.45. The van der Waals surface area contributed by atoms with Crippen LogP contribution in [0.25, 0.3) is 0 Å². The summed E-state index contributed by atoms with van der Waals surface area (Å²) in [6.07, 6.45) is -4.68. The lowest BCUT2D eigenvalue weighted by molar-refractivity contribution is -0.147. The molecule has 0 saturated carbocycles. The van der Waals surface area contributed by atoms with Gasteiger partial charge in [-0.25, -0.2) is 13.2 Å². The third-order valence-corrected chi connectivity index (χ3v) is 1.81. The van der Waals surface area contributed by atoms with E-state index in [1.165, 1.54) is 0 Å². The van der Waals surface area contributed by atoms with Gasteiger partial charge in [-0.2, -0.15) is 0 Å². The predicted octanol–water partition coefficient (Wildman–Crippen LogP) is 2.48. The fourth-order valence-electron chi connectivity index (χ4n) is 1.02. The van der Waals surface area contributed by atoms with Crippen LogP contribution in [0.5, 0.6) is 0 Å². The van der Waals surface area contributed by atoms with E-state index in [2.05, 4.69) is 0 Å². The van der Waals surface area contributed by atoms with E-state index >= 15 is 0 Å². The van der Waals surface area contributed by atoms with Crippen molar-refractivity contribution in [1.29, 1.82) is 0 Å². The second-order valence-electron chi connectivity index (χ2n) is 2.87. The molecule has 0 aromatic heterocycles. The molecule has 0 aromatic carbocycles. The molecule has 0 radical (unpaired) electrons. The van der Waals surface area contributed by atoms with E-state index in [1.54, 1.807) is 6.92 Å². The summed E-state index contributed by atoms with van der Waals surface area (Å²) in [6, 6.07) is 0. The number of aliphatic carboxylic acids is 1. The number of carboxylic acids is 1. The maximum atomic E-state index is 12.6. The Kier molecular flexibility index (Phi) is 5.50. The van der Waals surface area contributed by atoms with Crippen molar-refractivity contribution in [3.63, 3.8) is 0 Å². The Morgan fingerprint density at radius 3 is 2.23 bits per heavy atom. The summed E-state index contributed by atoms with van der Waals surface area (Å²) in [5.41, 5.74) is 0. The van der Waals surface area contributed by atoms with Gasteiger partial charge in [-0.3, -0.25) is 4.79 Å². The molecule has 0 bridgehead atoms. The van der Waals surface area contributed by atoms with Gasteiger partial charge in [0.15, 0.2) is 6.17 Å². The van der Waals surface area contributed by atoms with Gasteiger partial charge < -0.3 is 5.11 Å². The summed E-state index contributed by atoms with van der Waals surface area (Å²) < 4.78 is 36.3. The van der Waals surface area contributed by atoms with Gasteiger partial charge in [0, 0.05) is 0 Å². The number of carboxylic acid groups (broad SMARTS) is 1. The third-order valence-electron chi connectivity index (χ3n) is 1.81. The van der Waals surface area contributed by atoms with Crippen molar-refractivity contribution in [3.05, 3.63) is 0 Å². The van der Waals surface area contributed by atoms with Crippen LogP contribution in [0.4, 0.5) is 13.2 Å². The van der Waals surface area contributed by atoms with Crippen molar-refractivity contribution in [2.24, 2.45) is 5.92 Å². The van der Waals surface area contributed by atoms with Crippen molar-refractivity contribution in [2.75, 3.05) is 0 Å². The van der Waals surface area contributed by atoms with Crippen LogP contribution in [0.3, 0.4) is 0 Å². The summed E-state index contributed by atoms with van der Waals surface area (Å²) in [5.74, 6) is -3.05. The molecule has 0 fully saturated rings. The van der Waals surface area contributed by atoms with Crippen molar-refractivity contribution in [3.8, 4) is 0 Å². The first-order chi connectivity index (χ1) is 6.00. The van der Waals surface area contributed by atoms with Crippen LogP contribution in [0.1, 0.15) is 26.2 Å². The number of carbonyl (C=O) groups is 1. The highest BCUT2D eigenvalue weighted by molar-refractivity contribution is 5.70. The largest absolute Gasteiger partial charge is 0.481 e. The molecule has 5 heteroatoms. The molecule has 0 heterocycles. The second-order valence-corrected chi connectivity index (χ2v) is 2.87. The quantitative estimate of drug-likeness (QED) is 0.711. The van der Waals surface area contributed by atoms with Crippen LogP contribution < -0.4 is 0 Å². The van der Waals surface area contributed by atoms with E-state index in [-0.39, 0.29) is 6.42 Å². The monoisotopic (exact) mass is 198 g/mol. The third kappa shape index (κ3) is 4.15. The minimum Gasteiger partial charge on any atom is -0.481 e. The smallest absolute Gasteiger partial charge is 0.309 e. The van der Waals surface area contributed by atoms with Gasteiger partial charge in [-0.15, -0.1) is 0 Å². The van der Waals surface area contributed by atoms with Crippen LogP contribution in [0, 0.1) is 5.92 Å². The van der Waals surface area contributed by atoms with Gasteiger partial charge in [0.2, 0.25) is 0 Å². The molecule has 0 aliphatic heterocycles. The average Bonchev–Trinajstić information content (AvgIpc) is 2.04. The van der Waals surface area contributed by atoms with E-state index in [9.17, 15) is 18.0 Å². The van der Waals surface area contributed by atoms with Crippen LogP contribution in [0.2, 0.25) is 0 Å². The highest BCUT2D eigenvalue weighted by atomic mass is 19.3. The number of alkyl halides is 3. The summed E-state index contributed by atoms with van der Waals surface area (Å²) in [6.45, 7) is 1.79. The van der Waals surface area contributed by atoms with Crippen LogP contribution in [-0.2, 0) is 4.79 Å². The van der Waals surface area contributed by atoms with Gasteiger partial charge in [0.05, 0.1) is 5.92 Å². The number of rotatable bonds is 6. The van der Waals surface area contributed by atoms with Gasteiger partial charge in [-0.05, 0) is 6.42 Å². The van der Waals surface area contributed by atoms with Crippen molar-refractivity contribution in [1.82, 2.24) is 0 Å². The number of hydrogen-bond acceptors (Lipinski definition) is 1. The first-order valence-electron chi connectivity index (χ1n) is 4.15. The Morgan fingerprint density at radius 1 is 1.38 bits per heavy atom. The zero-order valence-corrected chi connectivity index (χ0v) is 7.34. The fraction of sp³-hybridized carbons (Fsp3) is 0.875. The van der Waals surface area contributed by atoms with E-state index in [0.29, 0.717) is 12.8 Å². The molecule has 0 aliphatic rings. The molecule has 78 valence electrons. The minimum atomic E-state index is -3.21. The van der Waals surface area contributed by atoms with Gasteiger partial charge >= 0.3 is 5.97 Å². The van der Waals surface area contributed by atoms with Crippen molar-refractivity contribution < 1.29 is 23.1 Å². The van der Waals surface area contributed by atoms with Gasteiger partial charge in [0.25, 0.3) is 6.43 Å². The highest BCUT2D eigenvalue weighted by Crippen LogP contribution is 2.21. The van der Waals surface area contributed by atoms with Crippen molar-refractivity contribution in [2.45, 2.75) is 38.8 Å². The molecular weight excluding hydrogens is 185 g/mol. The molecule has 2 unspecified atom stereocenters. The summed E-state index contributed by atoms with van der Waals surface area (Å²) >= 11 is 0. The lowest BCUT2D eigenvalue weighted by Crippen LogP contribution is -2.30. The normalized spacial score (nSPS) is 15.8. The molecule has 13 heavy (non-hydrogen) atoms. The zero-order valence-electron chi connectivity index (χ0n) is 7.34. The second kappa shape index (κ2) is 5.83. The van der Waals surface area contributed by atoms with Crippen LogP contribution in [-0.4, -0.2) is 23.7 Å². The van der Waals surface area contributed by atoms with Gasteiger partial charge in [-0.1, -0.05) is 19.8 Å². The summed E-state index contributed by atoms with van der Waals surface area (Å²) in [4.78, 5) is 10.4. The van der Waals surface area contributed by atoms with Crippen LogP contribution >= 0.6 is 0 Å². The minimum absolute atomic E-state index is 0.0304. The molecule has 2 atom stereocenters. The highest BCUT2D eigenvalue weighted by Gasteiger charge is 2.34. The molecule has 0 spiro atoms. The Balaban J connectivity index is 4.15. The first kappa shape index (κ1) is 12.3. The Labute approximate surface area is 74.7 Å². The first-order valence-corrected chi connectivity index (χ1v) is 4.15. The molecule has 0 saturated heterocycles. The van der Waals surface area contributed by atoms with E-state index in [0.717, 1.165) is 0 Å². The lowest BCUT2D eigenvalue weighted by atomic mass is 9.97. The Hall–Kier alpha value is -0.740. The molecule has 1 N–H and O–H groups in total. The predicted molar refractivity (Wildman–Crippen MR) is 41.6 cm³/mol. The average molecular weight is 198 g/mol.